The van der Waals surface area contributed by atoms with E-state index in [-0.39, 0.29) is 17.3 Å². The van der Waals surface area contributed by atoms with Crippen molar-refractivity contribution in [3.05, 3.63) is 65.7 Å². The monoisotopic (exact) mass is 374 g/mol. The van der Waals surface area contributed by atoms with Crippen molar-refractivity contribution in [1.29, 1.82) is 0 Å². The SMILES string of the molecule is CCCCN(C)C(=O)c1cccc(S(=O)(=O)N(C)Cc2ccccc2)c1. The van der Waals surface area contributed by atoms with Crippen molar-refractivity contribution in [2.45, 2.75) is 31.2 Å². The highest BCUT2D eigenvalue weighted by Gasteiger charge is 2.22. The van der Waals surface area contributed by atoms with Gasteiger partial charge in [0.05, 0.1) is 4.90 Å². The van der Waals surface area contributed by atoms with Gasteiger partial charge in [-0.05, 0) is 30.2 Å². The molecule has 0 bridgehead atoms. The van der Waals surface area contributed by atoms with Crippen LogP contribution in [0.2, 0.25) is 0 Å². The number of nitrogens with zero attached hydrogens (tertiary/aromatic N) is 2. The van der Waals surface area contributed by atoms with Gasteiger partial charge in [0, 0.05) is 32.7 Å². The molecule has 0 saturated carbocycles. The minimum absolute atomic E-state index is 0.130. The number of hydrogen-bond donors (Lipinski definition) is 0. The van der Waals surface area contributed by atoms with Crippen LogP contribution in [0.1, 0.15) is 35.7 Å². The molecule has 0 radical (unpaired) electrons. The molecule has 0 atom stereocenters. The number of unbranched alkanes of at least 4 members (excludes halogenated alkanes) is 1. The first kappa shape index (κ1) is 20.1. The Morgan fingerprint density at radius 1 is 1.00 bits per heavy atom. The number of benzene rings is 2. The lowest BCUT2D eigenvalue weighted by atomic mass is 10.2. The van der Waals surface area contributed by atoms with Crippen LogP contribution in [0.5, 0.6) is 0 Å². The molecule has 2 aromatic rings. The van der Waals surface area contributed by atoms with Crippen molar-refractivity contribution in [2.75, 3.05) is 20.6 Å². The molecular formula is C20H26N2O3S. The summed E-state index contributed by atoms with van der Waals surface area (Å²) in [5.41, 5.74) is 1.29. The summed E-state index contributed by atoms with van der Waals surface area (Å²) in [6.07, 6.45) is 1.91. The number of carbonyl (C=O) groups excluding carboxylic acids is 1. The van der Waals surface area contributed by atoms with Crippen molar-refractivity contribution in [1.82, 2.24) is 9.21 Å². The maximum atomic E-state index is 12.9. The van der Waals surface area contributed by atoms with E-state index >= 15 is 0 Å². The van der Waals surface area contributed by atoms with Crippen molar-refractivity contribution < 1.29 is 13.2 Å². The fraction of sp³-hybridized carbons (Fsp3) is 0.350. The number of carbonyl (C=O) groups is 1. The highest BCUT2D eigenvalue weighted by atomic mass is 32.2. The predicted molar refractivity (Wildman–Crippen MR) is 103 cm³/mol. The Kier molecular flexibility index (Phi) is 6.94. The second-order valence-electron chi connectivity index (χ2n) is 6.35. The van der Waals surface area contributed by atoms with E-state index in [4.69, 9.17) is 0 Å². The molecule has 0 spiro atoms. The van der Waals surface area contributed by atoms with E-state index in [1.165, 1.54) is 16.4 Å². The Bertz CT molecular complexity index is 835. The maximum Gasteiger partial charge on any atom is 0.253 e. The van der Waals surface area contributed by atoms with Crippen LogP contribution in [0.25, 0.3) is 0 Å². The topological polar surface area (TPSA) is 57.7 Å². The fourth-order valence-electron chi connectivity index (χ4n) is 2.61. The number of amides is 1. The Labute approximate surface area is 156 Å². The van der Waals surface area contributed by atoms with E-state index < -0.39 is 10.0 Å². The lowest BCUT2D eigenvalue weighted by molar-refractivity contribution is 0.0793. The molecule has 0 fully saturated rings. The number of hydrogen-bond acceptors (Lipinski definition) is 3. The smallest absolute Gasteiger partial charge is 0.253 e. The zero-order chi connectivity index (χ0) is 19.2. The molecule has 0 aliphatic carbocycles. The van der Waals surface area contributed by atoms with E-state index in [9.17, 15) is 13.2 Å². The van der Waals surface area contributed by atoms with Crippen LogP contribution in [-0.2, 0) is 16.6 Å². The van der Waals surface area contributed by atoms with Gasteiger partial charge < -0.3 is 4.90 Å². The third-order valence-corrected chi connectivity index (χ3v) is 6.03. The largest absolute Gasteiger partial charge is 0.342 e. The van der Waals surface area contributed by atoms with Gasteiger partial charge in [-0.1, -0.05) is 49.7 Å². The van der Waals surface area contributed by atoms with Crippen molar-refractivity contribution in [3.63, 3.8) is 0 Å². The minimum atomic E-state index is -3.67. The summed E-state index contributed by atoms with van der Waals surface area (Å²) >= 11 is 0. The molecule has 1 amide bonds. The summed E-state index contributed by atoms with van der Waals surface area (Å²) in [6, 6.07) is 15.7. The van der Waals surface area contributed by atoms with E-state index in [0.717, 1.165) is 18.4 Å². The Morgan fingerprint density at radius 2 is 1.69 bits per heavy atom. The van der Waals surface area contributed by atoms with E-state index in [2.05, 4.69) is 6.92 Å². The molecule has 0 aliphatic rings. The molecule has 2 rings (SSSR count). The summed E-state index contributed by atoms with van der Waals surface area (Å²) in [5, 5.41) is 0. The average molecular weight is 375 g/mol. The van der Waals surface area contributed by atoms with Gasteiger partial charge in [0.25, 0.3) is 5.91 Å². The quantitative estimate of drug-likeness (QED) is 0.712. The van der Waals surface area contributed by atoms with Crippen LogP contribution in [0.3, 0.4) is 0 Å². The van der Waals surface area contributed by atoms with Gasteiger partial charge in [-0.3, -0.25) is 4.79 Å². The molecule has 140 valence electrons. The molecule has 0 aliphatic heterocycles. The van der Waals surface area contributed by atoms with E-state index in [0.29, 0.717) is 12.1 Å². The Balaban J connectivity index is 2.20. The zero-order valence-electron chi connectivity index (χ0n) is 15.6. The minimum Gasteiger partial charge on any atom is -0.342 e. The van der Waals surface area contributed by atoms with Gasteiger partial charge in [0.1, 0.15) is 0 Å². The van der Waals surface area contributed by atoms with Crippen LogP contribution in [0.4, 0.5) is 0 Å². The first-order valence-corrected chi connectivity index (χ1v) is 10.2. The van der Waals surface area contributed by atoms with Crippen LogP contribution in [-0.4, -0.2) is 44.2 Å². The Hall–Kier alpha value is -2.18. The second kappa shape index (κ2) is 8.96. The normalized spacial score (nSPS) is 11.5. The van der Waals surface area contributed by atoms with Gasteiger partial charge in [-0.2, -0.15) is 4.31 Å². The first-order chi connectivity index (χ1) is 12.4. The standard InChI is InChI=1S/C20H26N2O3S/c1-4-5-14-21(2)20(23)18-12-9-13-19(15-18)26(24,25)22(3)16-17-10-7-6-8-11-17/h6-13,15H,4-5,14,16H2,1-3H3. The third-order valence-electron chi connectivity index (χ3n) is 4.23. The summed E-state index contributed by atoms with van der Waals surface area (Å²) in [6.45, 7) is 2.99. The summed E-state index contributed by atoms with van der Waals surface area (Å²) in [5.74, 6) is -0.166. The molecular weight excluding hydrogens is 348 g/mol. The molecule has 0 N–H and O–H groups in total. The third kappa shape index (κ3) is 4.93. The lowest BCUT2D eigenvalue weighted by Gasteiger charge is -2.19. The fourth-order valence-corrected chi connectivity index (χ4v) is 3.82. The lowest BCUT2D eigenvalue weighted by Crippen LogP contribution is -2.29. The number of rotatable bonds is 8. The molecule has 26 heavy (non-hydrogen) atoms. The molecule has 0 unspecified atom stereocenters. The van der Waals surface area contributed by atoms with Crippen LogP contribution >= 0.6 is 0 Å². The zero-order valence-corrected chi connectivity index (χ0v) is 16.4. The number of sulfonamides is 1. The van der Waals surface area contributed by atoms with E-state index in [1.807, 2.05) is 30.3 Å². The van der Waals surface area contributed by atoms with Crippen LogP contribution < -0.4 is 0 Å². The van der Waals surface area contributed by atoms with Gasteiger partial charge in [0.2, 0.25) is 10.0 Å². The van der Waals surface area contributed by atoms with Crippen LogP contribution in [0.15, 0.2) is 59.5 Å². The van der Waals surface area contributed by atoms with Gasteiger partial charge in [-0.25, -0.2) is 8.42 Å². The molecule has 2 aromatic carbocycles. The highest BCUT2D eigenvalue weighted by molar-refractivity contribution is 7.89. The Morgan fingerprint density at radius 3 is 2.35 bits per heavy atom. The second-order valence-corrected chi connectivity index (χ2v) is 8.40. The van der Waals surface area contributed by atoms with Crippen LogP contribution in [0, 0.1) is 0 Å². The summed E-state index contributed by atoms with van der Waals surface area (Å²) in [7, 11) is -0.391. The van der Waals surface area contributed by atoms with Crippen molar-refractivity contribution in [3.8, 4) is 0 Å². The molecule has 6 heteroatoms. The highest BCUT2D eigenvalue weighted by Crippen LogP contribution is 2.19. The molecule has 0 saturated heterocycles. The van der Waals surface area contributed by atoms with Crippen molar-refractivity contribution >= 4 is 15.9 Å². The van der Waals surface area contributed by atoms with E-state index in [1.54, 1.807) is 31.1 Å². The molecule has 5 nitrogen and oxygen atoms in total. The maximum absolute atomic E-state index is 12.9. The average Bonchev–Trinajstić information content (AvgIpc) is 2.66. The van der Waals surface area contributed by atoms with Gasteiger partial charge in [0.15, 0.2) is 0 Å². The molecule has 0 heterocycles. The predicted octanol–water partition coefficient (Wildman–Crippen LogP) is 3.38. The summed E-state index contributed by atoms with van der Waals surface area (Å²) in [4.78, 5) is 14.3. The molecule has 0 aromatic heterocycles. The van der Waals surface area contributed by atoms with Crippen molar-refractivity contribution in [2.24, 2.45) is 0 Å². The van der Waals surface area contributed by atoms with Gasteiger partial charge >= 0.3 is 0 Å². The first-order valence-electron chi connectivity index (χ1n) is 8.72. The summed E-state index contributed by atoms with van der Waals surface area (Å²) < 4.78 is 27.0. The van der Waals surface area contributed by atoms with Gasteiger partial charge in [-0.15, -0.1) is 0 Å².